The van der Waals surface area contributed by atoms with Gasteiger partial charge in [0.1, 0.15) is 14.8 Å². The first-order valence-corrected chi connectivity index (χ1v) is 8.71. The van der Waals surface area contributed by atoms with Crippen LogP contribution in [0.4, 0.5) is 5.69 Å². The van der Waals surface area contributed by atoms with Crippen molar-refractivity contribution in [1.82, 2.24) is 4.90 Å². The molecule has 0 bridgehead atoms. The molecular weight excluding hydrogens is 310 g/mol. The van der Waals surface area contributed by atoms with Crippen LogP contribution < -0.4 is 11.1 Å². The van der Waals surface area contributed by atoms with Crippen LogP contribution in [0, 0.1) is 0 Å². The standard InChI is InChI=1S/C13H19N3O3S2/c1-16(7-8-21(2,18)19)9-12(17)15-11-6-4-3-5-10(11)13(14)20/h3-6H,7-9H2,1-2H3,(H2,14,20)(H,15,17). The molecule has 0 aliphatic rings. The molecule has 0 saturated heterocycles. The maximum Gasteiger partial charge on any atom is 0.238 e. The van der Waals surface area contributed by atoms with Crippen LogP contribution in [0.1, 0.15) is 5.56 Å². The number of hydrogen-bond donors (Lipinski definition) is 2. The van der Waals surface area contributed by atoms with Crippen molar-refractivity contribution in [3.05, 3.63) is 29.8 Å². The lowest BCUT2D eigenvalue weighted by atomic mass is 10.2. The van der Waals surface area contributed by atoms with Crippen LogP contribution in [-0.4, -0.2) is 56.4 Å². The second kappa shape index (κ2) is 7.48. The summed E-state index contributed by atoms with van der Waals surface area (Å²) in [7, 11) is -1.35. The van der Waals surface area contributed by atoms with E-state index in [1.165, 1.54) is 6.26 Å². The molecule has 3 N–H and O–H groups in total. The third-order valence-electron chi connectivity index (χ3n) is 2.72. The summed E-state index contributed by atoms with van der Waals surface area (Å²) in [5, 5.41) is 2.72. The fourth-order valence-electron chi connectivity index (χ4n) is 1.64. The molecule has 8 heteroatoms. The molecule has 0 unspecified atom stereocenters. The van der Waals surface area contributed by atoms with Crippen LogP contribution >= 0.6 is 12.2 Å². The molecule has 1 aromatic carbocycles. The minimum absolute atomic E-state index is 0.0141. The Labute approximate surface area is 130 Å². The molecule has 1 rings (SSSR count). The van der Waals surface area contributed by atoms with Gasteiger partial charge in [0.05, 0.1) is 18.0 Å². The van der Waals surface area contributed by atoms with Gasteiger partial charge < -0.3 is 11.1 Å². The van der Waals surface area contributed by atoms with Crippen molar-refractivity contribution in [2.75, 3.05) is 37.5 Å². The molecule has 0 spiro atoms. The fourth-order valence-corrected chi connectivity index (χ4v) is 2.46. The zero-order valence-electron chi connectivity index (χ0n) is 12.0. The second-order valence-corrected chi connectivity index (χ2v) is 7.53. The molecule has 116 valence electrons. The van der Waals surface area contributed by atoms with E-state index in [4.69, 9.17) is 18.0 Å². The Bertz CT molecular complexity index is 629. The first-order valence-electron chi connectivity index (χ1n) is 6.24. The maximum atomic E-state index is 11.9. The second-order valence-electron chi connectivity index (χ2n) is 4.83. The van der Waals surface area contributed by atoms with Crippen LogP contribution in [0.5, 0.6) is 0 Å². The highest BCUT2D eigenvalue weighted by Crippen LogP contribution is 2.14. The summed E-state index contributed by atoms with van der Waals surface area (Å²) in [4.78, 5) is 13.8. The Balaban J connectivity index is 2.60. The molecular formula is C13H19N3O3S2. The first-order chi connectivity index (χ1) is 9.69. The SMILES string of the molecule is CN(CCS(C)(=O)=O)CC(=O)Nc1ccccc1C(N)=S. The summed E-state index contributed by atoms with van der Waals surface area (Å²) < 4.78 is 22.2. The average molecular weight is 329 g/mol. The van der Waals surface area contributed by atoms with E-state index < -0.39 is 9.84 Å². The summed E-state index contributed by atoms with van der Waals surface area (Å²) in [6.07, 6.45) is 1.17. The van der Waals surface area contributed by atoms with Gasteiger partial charge in [0, 0.05) is 18.4 Å². The Hall–Kier alpha value is -1.51. The topological polar surface area (TPSA) is 92.5 Å². The van der Waals surface area contributed by atoms with E-state index in [1.807, 2.05) is 0 Å². The third-order valence-corrected chi connectivity index (χ3v) is 3.87. The van der Waals surface area contributed by atoms with E-state index in [2.05, 4.69) is 5.32 Å². The molecule has 1 amide bonds. The maximum absolute atomic E-state index is 11.9. The minimum Gasteiger partial charge on any atom is -0.389 e. The molecule has 0 atom stereocenters. The van der Waals surface area contributed by atoms with Crippen molar-refractivity contribution in [2.45, 2.75) is 0 Å². The third kappa shape index (κ3) is 6.65. The summed E-state index contributed by atoms with van der Waals surface area (Å²) in [6, 6.07) is 6.99. The van der Waals surface area contributed by atoms with Crippen LogP contribution in [0.2, 0.25) is 0 Å². The van der Waals surface area contributed by atoms with Gasteiger partial charge in [-0.15, -0.1) is 0 Å². The van der Waals surface area contributed by atoms with Crippen LogP contribution in [0.25, 0.3) is 0 Å². The molecule has 0 saturated carbocycles. The normalized spacial score (nSPS) is 11.4. The lowest BCUT2D eigenvalue weighted by Crippen LogP contribution is -2.33. The summed E-state index contributed by atoms with van der Waals surface area (Å²) in [5.74, 6) is -0.241. The predicted octanol–water partition coefficient (Wildman–Crippen LogP) is 0.236. The highest BCUT2D eigenvalue weighted by Gasteiger charge is 2.12. The quantitative estimate of drug-likeness (QED) is 0.696. The first kappa shape index (κ1) is 17.5. The Kier molecular flexibility index (Phi) is 6.25. The lowest BCUT2D eigenvalue weighted by molar-refractivity contribution is -0.117. The van der Waals surface area contributed by atoms with Crippen LogP contribution in [0.3, 0.4) is 0 Å². The number of nitrogens with two attached hydrogens (primary N) is 1. The number of anilines is 1. The van der Waals surface area contributed by atoms with E-state index in [0.717, 1.165) is 0 Å². The smallest absolute Gasteiger partial charge is 0.238 e. The van der Waals surface area contributed by atoms with E-state index in [-0.39, 0.29) is 23.2 Å². The lowest BCUT2D eigenvalue weighted by Gasteiger charge is -2.16. The van der Waals surface area contributed by atoms with E-state index >= 15 is 0 Å². The summed E-state index contributed by atoms with van der Waals surface area (Å²) >= 11 is 4.92. The molecule has 0 fully saturated rings. The average Bonchev–Trinajstić information content (AvgIpc) is 2.35. The monoisotopic (exact) mass is 329 g/mol. The number of nitrogens with zero attached hydrogens (tertiary/aromatic N) is 1. The number of hydrogen-bond acceptors (Lipinski definition) is 5. The zero-order chi connectivity index (χ0) is 16.0. The van der Waals surface area contributed by atoms with Gasteiger partial charge >= 0.3 is 0 Å². The molecule has 1 aromatic rings. The van der Waals surface area contributed by atoms with Gasteiger partial charge in [0.25, 0.3) is 0 Å². The van der Waals surface area contributed by atoms with Crippen LogP contribution in [0.15, 0.2) is 24.3 Å². The number of rotatable bonds is 7. The molecule has 0 aliphatic heterocycles. The van der Waals surface area contributed by atoms with Crippen molar-refractivity contribution >= 4 is 38.6 Å². The molecule has 0 aromatic heterocycles. The van der Waals surface area contributed by atoms with E-state index in [1.54, 1.807) is 36.2 Å². The van der Waals surface area contributed by atoms with Gasteiger partial charge in [0.2, 0.25) is 5.91 Å². The van der Waals surface area contributed by atoms with Gasteiger partial charge in [-0.25, -0.2) is 8.42 Å². The largest absolute Gasteiger partial charge is 0.389 e. The van der Waals surface area contributed by atoms with Crippen molar-refractivity contribution < 1.29 is 13.2 Å². The molecule has 6 nitrogen and oxygen atoms in total. The Morgan fingerprint density at radius 2 is 2.00 bits per heavy atom. The number of sulfone groups is 1. The molecule has 21 heavy (non-hydrogen) atoms. The van der Waals surface area contributed by atoms with Gasteiger partial charge in [-0.05, 0) is 19.2 Å². The van der Waals surface area contributed by atoms with Crippen molar-refractivity contribution in [1.29, 1.82) is 0 Å². The number of amides is 1. The van der Waals surface area contributed by atoms with E-state index in [9.17, 15) is 13.2 Å². The fraction of sp³-hybridized carbons (Fsp3) is 0.385. The van der Waals surface area contributed by atoms with Gasteiger partial charge in [-0.2, -0.15) is 0 Å². The highest BCUT2D eigenvalue weighted by molar-refractivity contribution is 7.90. The van der Waals surface area contributed by atoms with Crippen molar-refractivity contribution in [3.63, 3.8) is 0 Å². The van der Waals surface area contributed by atoms with E-state index in [0.29, 0.717) is 17.8 Å². The molecule has 0 aliphatic carbocycles. The Morgan fingerprint density at radius 3 is 2.57 bits per heavy atom. The Morgan fingerprint density at radius 1 is 1.38 bits per heavy atom. The number of para-hydroxylation sites is 1. The summed E-state index contributed by atoms with van der Waals surface area (Å²) in [6.45, 7) is 0.379. The number of likely N-dealkylation sites (N-methyl/N-ethyl adjacent to an activating group) is 1. The van der Waals surface area contributed by atoms with Gasteiger partial charge in [-0.3, -0.25) is 9.69 Å². The van der Waals surface area contributed by atoms with Crippen LogP contribution in [-0.2, 0) is 14.6 Å². The van der Waals surface area contributed by atoms with Gasteiger partial charge in [0.15, 0.2) is 0 Å². The van der Waals surface area contributed by atoms with Crippen molar-refractivity contribution in [2.24, 2.45) is 5.73 Å². The zero-order valence-corrected chi connectivity index (χ0v) is 13.6. The minimum atomic E-state index is -3.04. The van der Waals surface area contributed by atoms with Crippen molar-refractivity contribution in [3.8, 4) is 0 Å². The predicted molar refractivity (Wildman–Crippen MR) is 88.2 cm³/mol. The number of carbonyl (C=O) groups is 1. The summed E-state index contributed by atoms with van der Waals surface area (Å²) in [5.41, 5.74) is 6.73. The number of thiocarbonyl (C=S) groups is 1. The molecule has 0 radical (unpaired) electrons. The highest BCUT2D eigenvalue weighted by atomic mass is 32.2. The van der Waals surface area contributed by atoms with Gasteiger partial charge in [-0.1, -0.05) is 24.4 Å². The number of carbonyl (C=O) groups excluding carboxylic acids is 1. The number of nitrogens with one attached hydrogen (secondary N) is 1. The number of benzene rings is 1. The molecule has 0 heterocycles.